The van der Waals surface area contributed by atoms with Gasteiger partial charge in [-0.1, -0.05) is 47.5 Å². The van der Waals surface area contributed by atoms with Crippen LogP contribution in [-0.4, -0.2) is 26.5 Å². The highest BCUT2D eigenvalue weighted by molar-refractivity contribution is 6.43. The van der Waals surface area contributed by atoms with Gasteiger partial charge in [-0.2, -0.15) is 10.1 Å². The third-order valence-corrected chi connectivity index (χ3v) is 5.16. The molecule has 0 unspecified atom stereocenters. The highest BCUT2D eigenvalue weighted by atomic mass is 35.5. The van der Waals surface area contributed by atoms with Crippen molar-refractivity contribution in [3.05, 3.63) is 63.1 Å². The number of halogens is 2. The Morgan fingerprint density at radius 1 is 0.966 bits per heavy atom. The second-order valence-electron chi connectivity index (χ2n) is 6.22. The Hall–Kier alpha value is -3.23. The van der Waals surface area contributed by atoms with E-state index in [1.165, 1.54) is 0 Å². The Morgan fingerprint density at radius 3 is 2.48 bits per heavy atom. The van der Waals surface area contributed by atoms with Crippen LogP contribution in [0.3, 0.4) is 0 Å². The van der Waals surface area contributed by atoms with Crippen molar-refractivity contribution in [2.45, 2.75) is 13.8 Å². The largest absolute Gasteiger partial charge is 0.337 e. The molecule has 2 aromatic carbocycles. The fraction of sp³-hybridized carbons (Fsp3) is 0.105. The van der Waals surface area contributed by atoms with Crippen LogP contribution in [0.25, 0.3) is 11.3 Å². The van der Waals surface area contributed by atoms with Crippen molar-refractivity contribution in [1.29, 1.82) is 0 Å². The SMILES string of the molecule is Cc1cccc(Nc2nc3nonc3nc2NN=Cc2cccc(Cl)c2Cl)c1C. The van der Waals surface area contributed by atoms with Crippen LogP contribution >= 0.6 is 23.2 Å². The number of nitrogens with one attached hydrogen (secondary N) is 2. The summed E-state index contributed by atoms with van der Waals surface area (Å²) in [5.41, 5.74) is 7.20. The lowest BCUT2D eigenvalue weighted by Gasteiger charge is -2.12. The summed E-state index contributed by atoms with van der Waals surface area (Å²) >= 11 is 12.2. The van der Waals surface area contributed by atoms with Crippen LogP contribution in [0.15, 0.2) is 46.1 Å². The van der Waals surface area contributed by atoms with Crippen LogP contribution in [0, 0.1) is 13.8 Å². The van der Waals surface area contributed by atoms with Crippen molar-refractivity contribution in [1.82, 2.24) is 20.3 Å². The number of aryl methyl sites for hydroxylation is 1. The molecular formula is C19H15Cl2N7O. The van der Waals surface area contributed by atoms with Gasteiger partial charge in [-0.25, -0.2) is 9.61 Å². The van der Waals surface area contributed by atoms with Crippen LogP contribution in [-0.2, 0) is 0 Å². The highest BCUT2D eigenvalue weighted by Gasteiger charge is 2.14. The lowest BCUT2D eigenvalue weighted by atomic mass is 10.1. The molecule has 4 aromatic rings. The summed E-state index contributed by atoms with van der Waals surface area (Å²) in [4.78, 5) is 8.81. The molecule has 2 N–H and O–H groups in total. The van der Waals surface area contributed by atoms with Gasteiger partial charge < -0.3 is 5.32 Å². The van der Waals surface area contributed by atoms with Gasteiger partial charge in [0.05, 0.1) is 16.3 Å². The number of rotatable bonds is 5. The standard InChI is InChI=1S/C19H15Cl2N7O/c1-10-5-3-8-14(11(10)2)23-16-17(25-19-18(24-16)27-29-28-19)26-22-9-12-6-4-7-13(20)15(12)21/h3-9H,1-2H3,(H,23,24,27)(H,25,26,28). The van der Waals surface area contributed by atoms with E-state index in [9.17, 15) is 0 Å². The van der Waals surface area contributed by atoms with E-state index in [1.807, 2.05) is 32.0 Å². The fourth-order valence-corrected chi connectivity index (χ4v) is 2.96. The number of fused-ring (bicyclic) bond motifs is 1. The maximum atomic E-state index is 6.19. The van der Waals surface area contributed by atoms with Crippen molar-refractivity contribution in [2.75, 3.05) is 10.7 Å². The lowest BCUT2D eigenvalue weighted by Crippen LogP contribution is -2.04. The number of hydrazone groups is 1. The third kappa shape index (κ3) is 3.98. The Morgan fingerprint density at radius 2 is 1.69 bits per heavy atom. The second kappa shape index (κ2) is 8.02. The van der Waals surface area contributed by atoms with Gasteiger partial charge in [0.2, 0.25) is 11.3 Å². The molecule has 0 aliphatic heterocycles. The molecule has 0 fully saturated rings. The number of benzene rings is 2. The van der Waals surface area contributed by atoms with Gasteiger partial charge >= 0.3 is 0 Å². The van der Waals surface area contributed by atoms with E-state index < -0.39 is 0 Å². The normalized spacial score (nSPS) is 11.3. The molecule has 0 saturated heterocycles. The second-order valence-corrected chi connectivity index (χ2v) is 7.00. The number of aromatic nitrogens is 4. The van der Waals surface area contributed by atoms with Crippen molar-refractivity contribution < 1.29 is 4.63 Å². The van der Waals surface area contributed by atoms with Gasteiger partial charge in [0.15, 0.2) is 11.6 Å². The van der Waals surface area contributed by atoms with E-state index in [2.05, 4.69) is 36.1 Å². The molecule has 2 heterocycles. The average molecular weight is 428 g/mol. The molecule has 0 atom stereocenters. The summed E-state index contributed by atoms with van der Waals surface area (Å²) in [6.45, 7) is 4.06. The van der Waals surface area contributed by atoms with Gasteiger partial charge in [0, 0.05) is 11.3 Å². The highest BCUT2D eigenvalue weighted by Crippen LogP contribution is 2.27. The van der Waals surface area contributed by atoms with E-state index in [0.29, 0.717) is 27.2 Å². The van der Waals surface area contributed by atoms with Gasteiger partial charge in [-0.15, -0.1) is 0 Å². The maximum absolute atomic E-state index is 6.19. The van der Waals surface area contributed by atoms with Gasteiger partial charge in [0.1, 0.15) is 0 Å². The van der Waals surface area contributed by atoms with Crippen molar-refractivity contribution in [3.63, 3.8) is 0 Å². The number of nitrogens with zero attached hydrogens (tertiary/aromatic N) is 5. The first kappa shape index (κ1) is 19.1. The predicted molar refractivity (Wildman–Crippen MR) is 114 cm³/mol. The predicted octanol–water partition coefficient (Wildman–Crippen LogP) is 5.13. The van der Waals surface area contributed by atoms with E-state index >= 15 is 0 Å². The smallest absolute Gasteiger partial charge is 0.245 e. The molecule has 0 spiro atoms. The molecule has 0 aliphatic carbocycles. The Bertz CT molecular complexity index is 1220. The first-order valence-electron chi connectivity index (χ1n) is 8.59. The minimum atomic E-state index is 0.259. The summed E-state index contributed by atoms with van der Waals surface area (Å²) in [7, 11) is 0. The zero-order valence-electron chi connectivity index (χ0n) is 15.4. The molecule has 2 aromatic heterocycles. The average Bonchev–Trinajstić information content (AvgIpc) is 3.16. The molecule has 8 nitrogen and oxygen atoms in total. The molecular weight excluding hydrogens is 413 g/mol. The molecule has 0 amide bonds. The monoisotopic (exact) mass is 427 g/mol. The molecule has 0 bridgehead atoms. The minimum Gasteiger partial charge on any atom is -0.337 e. The Kier molecular flexibility index (Phi) is 5.28. The number of anilines is 3. The topological polar surface area (TPSA) is 101 Å². The van der Waals surface area contributed by atoms with Gasteiger partial charge in [0.25, 0.3) is 0 Å². The summed E-state index contributed by atoms with van der Waals surface area (Å²) in [5.74, 6) is 0.778. The Balaban J connectivity index is 1.67. The molecule has 146 valence electrons. The zero-order chi connectivity index (χ0) is 20.4. The van der Waals surface area contributed by atoms with E-state index in [1.54, 1.807) is 24.4 Å². The van der Waals surface area contributed by atoms with Crippen molar-refractivity contribution in [3.8, 4) is 0 Å². The molecule has 10 heteroatoms. The molecule has 4 rings (SSSR count). The maximum Gasteiger partial charge on any atom is 0.245 e. The van der Waals surface area contributed by atoms with Gasteiger partial charge in [-0.05, 0) is 47.4 Å². The van der Waals surface area contributed by atoms with Crippen LogP contribution in [0.4, 0.5) is 17.3 Å². The van der Waals surface area contributed by atoms with Crippen LogP contribution in [0.5, 0.6) is 0 Å². The zero-order valence-corrected chi connectivity index (χ0v) is 17.0. The lowest BCUT2D eigenvalue weighted by molar-refractivity contribution is 0.314. The van der Waals surface area contributed by atoms with Crippen molar-refractivity contribution >= 4 is 58.0 Å². The molecule has 0 radical (unpaired) electrons. The van der Waals surface area contributed by atoms with Crippen LogP contribution in [0.1, 0.15) is 16.7 Å². The summed E-state index contributed by atoms with van der Waals surface area (Å²) in [6.07, 6.45) is 1.54. The number of hydrogen-bond acceptors (Lipinski definition) is 8. The summed E-state index contributed by atoms with van der Waals surface area (Å²) < 4.78 is 4.72. The fourth-order valence-electron chi connectivity index (χ4n) is 2.60. The van der Waals surface area contributed by atoms with Crippen molar-refractivity contribution in [2.24, 2.45) is 5.10 Å². The molecule has 0 aliphatic rings. The van der Waals surface area contributed by atoms with E-state index in [-0.39, 0.29) is 11.3 Å². The molecule has 0 saturated carbocycles. The number of hydrogen-bond donors (Lipinski definition) is 2. The van der Waals surface area contributed by atoms with E-state index in [4.69, 9.17) is 27.8 Å². The van der Waals surface area contributed by atoms with Crippen LogP contribution in [0.2, 0.25) is 10.0 Å². The first-order valence-corrected chi connectivity index (χ1v) is 9.35. The quantitative estimate of drug-likeness (QED) is 0.336. The molecule has 29 heavy (non-hydrogen) atoms. The van der Waals surface area contributed by atoms with Crippen LogP contribution < -0.4 is 10.7 Å². The Labute approximate surface area is 175 Å². The third-order valence-electron chi connectivity index (χ3n) is 4.33. The summed E-state index contributed by atoms with van der Waals surface area (Å²) in [5, 5.41) is 15.8. The minimum absolute atomic E-state index is 0.259. The first-order chi connectivity index (χ1) is 14.0. The summed E-state index contributed by atoms with van der Waals surface area (Å²) in [6, 6.07) is 11.2. The van der Waals surface area contributed by atoms with E-state index in [0.717, 1.165) is 16.8 Å². The van der Waals surface area contributed by atoms with Gasteiger partial charge in [-0.3, -0.25) is 5.43 Å².